The van der Waals surface area contributed by atoms with Gasteiger partial charge in [0, 0.05) is 23.7 Å². The summed E-state index contributed by atoms with van der Waals surface area (Å²) in [6.45, 7) is 15.2. The lowest BCUT2D eigenvalue weighted by Crippen LogP contribution is -2.56. The van der Waals surface area contributed by atoms with Crippen molar-refractivity contribution in [2.45, 2.75) is 76.5 Å². The van der Waals surface area contributed by atoms with Gasteiger partial charge in [0.1, 0.15) is 0 Å². The van der Waals surface area contributed by atoms with Gasteiger partial charge in [0.25, 0.3) is 5.91 Å². The number of benzene rings is 2. The third kappa shape index (κ3) is 5.49. The Kier molecular flexibility index (Phi) is 7.29. The van der Waals surface area contributed by atoms with Crippen LogP contribution in [-0.4, -0.2) is 41.7 Å². The molecule has 1 aliphatic rings. The summed E-state index contributed by atoms with van der Waals surface area (Å²) in [6, 6.07) is 11.7. The topological polar surface area (TPSA) is 95.6 Å². The monoisotopic (exact) mass is 497 g/mol. The Hall–Kier alpha value is -2.97. The molecule has 1 fully saturated rings. The number of nitrogens with one attached hydrogen (secondary N) is 2. The molecule has 0 spiro atoms. The van der Waals surface area contributed by atoms with Crippen LogP contribution in [0.5, 0.6) is 0 Å². The Morgan fingerprint density at radius 1 is 1.06 bits per heavy atom. The first-order valence-corrected chi connectivity index (χ1v) is 13.1. The molecular weight excluding hydrogens is 462 g/mol. The summed E-state index contributed by atoms with van der Waals surface area (Å²) in [4.78, 5) is 24.7. The van der Waals surface area contributed by atoms with Crippen LogP contribution in [0.2, 0.25) is 0 Å². The van der Waals surface area contributed by atoms with Crippen LogP contribution in [0, 0.1) is 13.8 Å². The molecule has 2 N–H and O–H groups in total. The first-order valence-electron chi connectivity index (χ1n) is 11.6. The SMILES string of the molecule is C=CC(=O)NC1CC(C)(C)N(S(=O)(=O)c2ccc(C(=O)NCc3cc(C)cc(C)c3)cc2)C1(C)C. The van der Waals surface area contributed by atoms with Gasteiger partial charge in [0.05, 0.1) is 10.4 Å². The Morgan fingerprint density at radius 2 is 1.63 bits per heavy atom. The molecule has 1 aliphatic heterocycles. The molecule has 0 bridgehead atoms. The van der Waals surface area contributed by atoms with Crippen molar-refractivity contribution in [3.8, 4) is 0 Å². The molecule has 1 heterocycles. The summed E-state index contributed by atoms with van der Waals surface area (Å²) in [5.41, 5.74) is 2.04. The van der Waals surface area contributed by atoms with Crippen LogP contribution in [0.15, 0.2) is 60.0 Å². The maximum atomic E-state index is 13.7. The lowest BCUT2D eigenvalue weighted by atomic mass is 9.94. The zero-order valence-electron chi connectivity index (χ0n) is 21.3. The van der Waals surface area contributed by atoms with Crippen molar-refractivity contribution < 1.29 is 18.0 Å². The Balaban J connectivity index is 1.80. The minimum Gasteiger partial charge on any atom is -0.348 e. The largest absolute Gasteiger partial charge is 0.348 e. The average Bonchev–Trinajstić information content (AvgIpc) is 2.94. The molecule has 1 saturated heterocycles. The molecule has 3 rings (SSSR count). The number of hydrogen-bond donors (Lipinski definition) is 2. The van der Waals surface area contributed by atoms with Gasteiger partial charge in [-0.2, -0.15) is 4.31 Å². The van der Waals surface area contributed by atoms with E-state index in [-0.39, 0.29) is 22.8 Å². The predicted molar refractivity (Wildman–Crippen MR) is 137 cm³/mol. The van der Waals surface area contributed by atoms with E-state index in [1.54, 1.807) is 0 Å². The van der Waals surface area contributed by atoms with Crippen LogP contribution in [-0.2, 0) is 21.4 Å². The van der Waals surface area contributed by atoms with Crippen LogP contribution in [0.4, 0.5) is 0 Å². The number of carbonyl (C=O) groups is 2. The van der Waals surface area contributed by atoms with Crippen LogP contribution >= 0.6 is 0 Å². The molecule has 2 amide bonds. The van der Waals surface area contributed by atoms with Gasteiger partial charge in [-0.15, -0.1) is 0 Å². The van der Waals surface area contributed by atoms with E-state index in [1.807, 2.05) is 53.7 Å². The lowest BCUT2D eigenvalue weighted by Gasteiger charge is -2.40. The molecule has 0 radical (unpaired) electrons. The van der Waals surface area contributed by atoms with E-state index in [0.717, 1.165) is 16.7 Å². The molecule has 1 unspecified atom stereocenters. The van der Waals surface area contributed by atoms with Gasteiger partial charge in [0.2, 0.25) is 15.9 Å². The summed E-state index contributed by atoms with van der Waals surface area (Å²) in [5.74, 6) is -0.614. The van der Waals surface area contributed by atoms with Crippen LogP contribution in [0.1, 0.15) is 61.2 Å². The minimum absolute atomic E-state index is 0.0974. The second-order valence-electron chi connectivity index (χ2n) is 10.4. The summed E-state index contributed by atoms with van der Waals surface area (Å²) in [6.07, 6.45) is 1.64. The highest BCUT2D eigenvalue weighted by Gasteiger charge is 2.57. The molecule has 0 saturated carbocycles. The second-order valence-corrected chi connectivity index (χ2v) is 12.2. The quantitative estimate of drug-likeness (QED) is 0.568. The molecular formula is C27H35N3O4S. The first-order chi connectivity index (χ1) is 16.2. The Morgan fingerprint density at radius 3 is 2.17 bits per heavy atom. The lowest BCUT2D eigenvalue weighted by molar-refractivity contribution is -0.117. The molecule has 2 aromatic rings. The summed E-state index contributed by atoms with van der Waals surface area (Å²) >= 11 is 0. The fourth-order valence-electron chi connectivity index (χ4n) is 5.19. The maximum Gasteiger partial charge on any atom is 0.251 e. The summed E-state index contributed by atoms with van der Waals surface area (Å²) in [5, 5.41) is 5.76. The summed E-state index contributed by atoms with van der Waals surface area (Å²) in [7, 11) is -3.91. The van der Waals surface area contributed by atoms with Crippen LogP contribution < -0.4 is 10.6 Å². The fraction of sp³-hybridized carbons (Fsp3) is 0.407. The van der Waals surface area contributed by atoms with E-state index in [9.17, 15) is 18.0 Å². The second kappa shape index (κ2) is 9.59. The predicted octanol–water partition coefficient (Wildman–Crippen LogP) is 3.86. The smallest absolute Gasteiger partial charge is 0.251 e. The maximum absolute atomic E-state index is 13.7. The van der Waals surface area contributed by atoms with E-state index in [2.05, 4.69) is 23.3 Å². The zero-order chi connectivity index (χ0) is 26.2. The molecule has 188 valence electrons. The number of rotatable bonds is 7. The molecule has 0 aromatic heterocycles. The van der Waals surface area contributed by atoms with Crippen LogP contribution in [0.25, 0.3) is 0 Å². The fourth-order valence-corrected chi connectivity index (χ4v) is 7.35. The van der Waals surface area contributed by atoms with Crippen molar-refractivity contribution in [1.82, 2.24) is 14.9 Å². The van der Waals surface area contributed by atoms with Gasteiger partial charge in [0.15, 0.2) is 0 Å². The molecule has 2 aromatic carbocycles. The molecule has 0 aliphatic carbocycles. The number of nitrogens with zero attached hydrogens (tertiary/aromatic N) is 1. The van der Waals surface area contributed by atoms with Gasteiger partial charge in [-0.05, 0) is 83.9 Å². The normalized spacial score (nSPS) is 19.2. The highest BCUT2D eigenvalue weighted by molar-refractivity contribution is 7.89. The number of sulfonamides is 1. The number of carbonyl (C=O) groups excluding carboxylic acids is 2. The number of amides is 2. The van der Waals surface area contributed by atoms with E-state index in [0.29, 0.717) is 18.5 Å². The van der Waals surface area contributed by atoms with Crippen molar-refractivity contribution >= 4 is 21.8 Å². The molecule has 8 heteroatoms. The average molecular weight is 498 g/mol. The molecule has 35 heavy (non-hydrogen) atoms. The highest BCUT2D eigenvalue weighted by Crippen LogP contribution is 2.44. The van der Waals surface area contributed by atoms with E-state index < -0.39 is 21.1 Å². The van der Waals surface area contributed by atoms with Crippen molar-refractivity contribution in [2.24, 2.45) is 0 Å². The third-order valence-electron chi connectivity index (χ3n) is 6.52. The molecule has 1 atom stereocenters. The zero-order valence-corrected chi connectivity index (χ0v) is 22.1. The van der Waals surface area contributed by atoms with Gasteiger partial charge in [-0.25, -0.2) is 8.42 Å². The van der Waals surface area contributed by atoms with Gasteiger partial charge >= 0.3 is 0 Å². The van der Waals surface area contributed by atoms with Crippen molar-refractivity contribution in [3.05, 3.63) is 77.4 Å². The van der Waals surface area contributed by atoms with Crippen molar-refractivity contribution in [3.63, 3.8) is 0 Å². The van der Waals surface area contributed by atoms with Crippen LogP contribution in [0.3, 0.4) is 0 Å². The van der Waals surface area contributed by atoms with E-state index in [1.165, 1.54) is 34.6 Å². The Bertz CT molecular complexity index is 1230. The summed E-state index contributed by atoms with van der Waals surface area (Å²) < 4.78 is 28.9. The molecule has 7 nitrogen and oxygen atoms in total. The Labute approximate surface area is 208 Å². The van der Waals surface area contributed by atoms with Crippen molar-refractivity contribution in [2.75, 3.05) is 0 Å². The van der Waals surface area contributed by atoms with E-state index >= 15 is 0 Å². The first kappa shape index (κ1) is 26.6. The highest BCUT2D eigenvalue weighted by atomic mass is 32.2. The van der Waals surface area contributed by atoms with E-state index in [4.69, 9.17) is 0 Å². The van der Waals surface area contributed by atoms with Crippen molar-refractivity contribution in [1.29, 1.82) is 0 Å². The number of hydrogen-bond acceptors (Lipinski definition) is 4. The standard InChI is InChI=1S/C27H35N3O4S/c1-8-24(31)29-23-16-26(4,5)30(27(23,6)7)35(33,34)22-11-9-21(10-12-22)25(32)28-17-20-14-18(2)13-19(3)15-20/h8-15,23H,1,16-17H2,2-7H3,(H,28,32)(H,29,31). The minimum atomic E-state index is -3.91. The van der Waals surface area contributed by atoms with Gasteiger partial charge < -0.3 is 10.6 Å². The van der Waals surface area contributed by atoms with Gasteiger partial charge in [-0.1, -0.05) is 35.9 Å². The third-order valence-corrected chi connectivity index (χ3v) is 8.83. The number of aryl methyl sites for hydroxylation is 2. The van der Waals surface area contributed by atoms with Gasteiger partial charge in [-0.3, -0.25) is 9.59 Å².